The minimum atomic E-state index is -1.56. The number of hydrogen-bond donors (Lipinski definition) is 4. The quantitative estimate of drug-likeness (QED) is 0.163. The average Bonchev–Trinajstić information content (AvgIpc) is 3.30. The second kappa shape index (κ2) is 11.4. The van der Waals surface area contributed by atoms with E-state index >= 15 is 0 Å². The smallest absolute Gasteiger partial charge is 0.340 e. The standard InChI is InChI=1S/C32H26N4O10/c1-17-15-36(31(44)34-28(17)41)16-27(40)35(10-11-37)9-8-33-29(42)18-2-5-21-24(12-18)32(46-30(21)43)22-6-3-19(38)13-25(22)45-26-14-20(39)4-7-23(26)32/h2-7,11-15,38-39H,8-10,16H2,1H3,(H,33,42)(H,34,41,44). The van der Waals surface area contributed by atoms with Gasteiger partial charge >= 0.3 is 11.7 Å². The van der Waals surface area contributed by atoms with E-state index < -0.39 is 41.2 Å². The molecule has 14 nitrogen and oxygen atoms in total. The molecule has 3 heterocycles. The Morgan fingerprint density at radius 3 is 2.30 bits per heavy atom. The lowest BCUT2D eigenvalue weighted by atomic mass is 9.77. The van der Waals surface area contributed by atoms with Gasteiger partial charge < -0.3 is 34.7 Å². The van der Waals surface area contributed by atoms with Crippen molar-refractivity contribution >= 4 is 24.1 Å². The molecule has 234 valence electrons. The third kappa shape index (κ3) is 5.04. The zero-order chi connectivity index (χ0) is 32.7. The predicted molar refractivity (Wildman–Crippen MR) is 159 cm³/mol. The number of aromatic nitrogens is 2. The third-order valence-electron chi connectivity index (χ3n) is 7.85. The van der Waals surface area contributed by atoms with Crippen molar-refractivity contribution in [1.82, 2.24) is 19.8 Å². The Balaban J connectivity index is 1.25. The first-order chi connectivity index (χ1) is 22.0. The number of rotatable bonds is 8. The van der Waals surface area contributed by atoms with Crippen LogP contribution in [0.2, 0.25) is 0 Å². The van der Waals surface area contributed by atoms with Gasteiger partial charge in [0.1, 0.15) is 35.8 Å². The van der Waals surface area contributed by atoms with E-state index in [0.29, 0.717) is 23.0 Å². The Hall–Kier alpha value is -6.18. The van der Waals surface area contributed by atoms with Gasteiger partial charge in [0.05, 0.1) is 12.1 Å². The maximum Gasteiger partial charge on any atom is 0.340 e. The van der Waals surface area contributed by atoms with Gasteiger partial charge in [-0.2, -0.15) is 0 Å². The van der Waals surface area contributed by atoms with E-state index in [1.54, 1.807) is 12.1 Å². The second-order valence-electron chi connectivity index (χ2n) is 10.8. The van der Waals surface area contributed by atoms with Crippen LogP contribution in [0.15, 0.2) is 70.4 Å². The number of esters is 1. The van der Waals surface area contributed by atoms with E-state index in [1.807, 2.05) is 0 Å². The maximum atomic E-state index is 13.3. The molecule has 0 fully saturated rings. The monoisotopic (exact) mass is 626 g/mol. The number of carbonyl (C=O) groups is 4. The van der Waals surface area contributed by atoms with Crippen LogP contribution in [0.4, 0.5) is 0 Å². The molecule has 2 aliphatic heterocycles. The number of ether oxygens (including phenoxy) is 2. The largest absolute Gasteiger partial charge is 0.508 e. The lowest BCUT2D eigenvalue weighted by Gasteiger charge is -2.36. The number of aromatic hydroxyl groups is 2. The molecular weight excluding hydrogens is 600 g/mol. The number of nitrogens with one attached hydrogen (secondary N) is 2. The second-order valence-corrected chi connectivity index (χ2v) is 10.8. The van der Waals surface area contributed by atoms with Gasteiger partial charge in [0.15, 0.2) is 5.60 Å². The number of phenolic OH excluding ortho intramolecular Hbond substituents is 2. The van der Waals surface area contributed by atoms with Gasteiger partial charge in [0.25, 0.3) is 11.5 Å². The highest BCUT2D eigenvalue weighted by Gasteiger charge is 2.54. The number of nitrogens with zero attached hydrogens (tertiary/aromatic N) is 2. The van der Waals surface area contributed by atoms with Gasteiger partial charge in [-0.3, -0.25) is 23.9 Å². The lowest BCUT2D eigenvalue weighted by Crippen LogP contribution is -2.43. The van der Waals surface area contributed by atoms with E-state index in [9.17, 15) is 39.0 Å². The third-order valence-corrected chi connectivity index (χ3v) is 7.85. The van der Waals surface area contributed by atoms with E-state index in [0.717, 1.165) is 9.47 Å². The molecule has 0 unspecified atom stereocenters. The minimum absolute atomic E-state index is 0.0618. The van der Waals surface area contributed by atoms with Gasteiger partial charge in [-0.1, -0.05) is 0 Å². The Kier molecular flexibility index (Phi) is 7.40. The van der Waals surface area contributed by atoms with Crippen LogP contribution in [0.1, 0.15) is 43.0 Å². The summed E-state index contributed by atoms with van der Waals surface area (Å²) in [7, 11) is 0. The molecule has 1 spiro atoms. The molecule has 0 saturated heterocycles. The van der Waals surface area contributed by atoms with Gasteiger partial charge in [-0.05, 0) is 49.4 Å². The number of aldehydes is 1. The summed E-state index contributed by atoms with van der Waals surface area (Å²) in [6.45, 7) is 0.631. The van der Waals surface area contributed by atoms with Crippen LogP contribution in [0.3, 0.4) is 0 Å². The summed E-state index contributed by atoms with van der Waals surface area (Å²) in [5.41, 5.74) is -1.18. The molecule has 0 atom stereocenters. The van der Waals surface area contributed by atoms with E-state index in [-0.39, 0.29) is 59.3 Å². The minimum Gasteiger partial charge on any atom is -0.508 e. The van der Waals surface area contributed by atoms with Gasteiger partial charge in [-0.25, -0.2) is 9.59 Å². The normalized spacial score (nSPS) is 13.5. The number of aromatic amines is 1. The van der Waals surface area contributed by atoms with Gasteiger partial charge in [-0.15, -0.1) is 0 Å². The number of H-pyrrole nitrogens is 1. The fourth-order valence-corrected chi connectivity index (χ4v) is 5.64. The zero-order valence-corrected chi connectivity index (χ0v) is 24.2. The SMILES string of the molecule is Cc1cn(CC(=O)N(CC=O)CCNC(=O)c2ccc3c(c2)C2(OC3=O)c3ccc(O)cc3Oc3cc(O)ccc32)c(=O)[nH]c1=O. The van der Waals surface area contributed by atoms with Crippen LogP contribution in [0.25, 0.3) is 0 Å². The van der Waals surface area contributed by atoms with Crippen molar-refractivity contribution in [2.24, 2.45) is 0 Å². The van der Waals surface area contributed by atoms with Crippen molar-refractivity contribution in [3.63, 3.8) is 0 Å². The van der Waals surface area contributed by atoms with Crippen LogP contribution in [0.5, 0.6) is 23.0 Å². The van der Waals surface area contributed by atoms with Gasteiger partial charge in [0, 0.05) is 59.2 Å². The van der Waals surface area contributed by atoms with Crippen molar-refractivity contribution in [1.29, 1.82) is 0 Å². The van der Waals surface area contributed by atoms with E-state index in [1.165, 1.54) is 55.6 Å². The Morgan fingerprint density at radius 1 is 0.978 bits per heavy atom. The van der Waals surface area contributed by atoms with Crippen LogP contribution in [-0.2, 0) is 26.5 Å². The molecule has 1 aromatic heterocycles. The fraction of sp³-hybridized carbons (Fsp3) is 0.188. The first kappa shape index (κ1) is 29.9. The summed E-state index contributed by atoms with van der Waals surface area (Å²) < 4.78 is 13.0. The van der Waals surface area contributed by atoms with Crippen LogP contribution in [0, 0.1) is 6.92 Å². The number of phenols is 2. The van der Waals surface area contributed by atoms with E-state index in [4.69, 9.17) is 9.47 Å². The number of amides is 2. The van der Waals surface area contributed by atoms with Crippen molar-refractivity contribution in [2.45, 2.75) is 19.1 Å². The highest BCUT2D eigenvalue weighted by molar-refractivity contribution is 6.00. The molecular formula is C32H26N4O10. The number of hydrogen-bond acceptors (Lipinski definition) is 10. The summed E-state index contributed by atoms with van der Waals surface area (Å²) in [5, 5.41) is 22.9. The van der Waals surface area contributed by atoms with Crippen molar-refractivity contribution in [2.75, 3.05) is 19.6 Å². The first-order valence-electron chi connectivity index (χ1n) is 14.0. The molecule has 0 saturated carbocycles. The molecule has 0 radical (unpaired) electrons. The molecule has 6 rings (SSSR count). The molecule has 0 aliphatic carbocycles. The number of fused-ring (bicyclic) bond motifs is 6. The summed E-state index contributed by atoms with van der Waals surface area (Å²) >= 11 is 0. The molecule has 46 heavy (non-hydrogen) atoms. The summed E-state index contributed by atoms with van der Waals surface area (Å²) in [6.07, 6.45) is 1.76. The van der Waals surface area contributed by atoms with Crippen molar-refractivity contribution in [3.05, 3.63) is 115 Å². The van der Waals surface area contributed by atoms with Crippen molar-refractivity contribution in [3.8, 4) is 23.0 Å². The molecule has 14 heteroatoms. The molecule has 0 bridgehead atoms. The molecule has 3 aromatic carbocycles. The fourth-order valence-electron chi connectivity index (χ4n) is 5.64. The van der Waals surface area contributed by atoms with Crippen LogP contribution < -0.4 is 21.3 Å². The molecule has 4 aromatic rings. The highest BCUT2D eigenvalue weighted by Crippen LogP contribution is 2.57. The summed E-state index contributed by atoms with van der Waals surface area (Å²) in [6, 6.07) is 13.1. The highest BCUT2D eigenvalue weighted by atomic mass is 16.6. The van der Waals surface area contributed by atoms with Crippen molar-refractivity contribution < 1.29 is 38.9 Å². The maximum absolute atomic E-state index is 13.3. The molecule has 2 aliphatic rings. The van der Waals surface area contributed by atoms with Gasteiger partial charge in [0.2, 0.25) is 5.91 Å². The predicted octanol–water partition coefficient (Wildman–Crippen LogP) is 1.28. The first-order valence-corrected chi connectivity index (χ1v) is 14.0. The topological polar surface area (TPSA) is 197 Å². The Morgan fingerprint density at radius 2 is 1.65 bits per heavy atom. The molecule has 2 amide bonds. The zero-order valence-electron chi connectivity index (χ0n) is 24.2. The molecule has 4 N–H and O–H groups in total. The number of aryl methyl sites for hydroxylation is 1. The number of carbonyl (C=O) groups excluding carboxylic acids is 4. The average molecular weight is 627 g/mol. The Labute approximate surface area is 259 Å². The van der Waals surface area contributed by atoms with Crippen LogP contribution in [-0.4, -0.2) is 68.4 Å². The number of benzene rings is 3. The lowest BCUT2D eigenvalue weighted by molar-refractivity contribution is -0.133. The summed E-state index contributed by atoms with van der Waals surface area (Å²) in [4.78, 5) is 77.7. The van der Waals surface area contributed by atoms with Crippen LogP contribution >= 0.6 is 0 Å². The summed E-state index contributed by atoms with van der Waals surface area (Å²) in [5.74, 6) is -1.61. The Bertz CT molecular complexity index is 2010. The van der Waals surface area contributed by atoms with E-state index in [2.05, 4.69) is 10.3 Å².